The fourth-order valence-electron chi connectivity index (χ4n) is 0.947. The zero-order valence-electron chi connectivity index (χ0n) is 9.36. The number of anilines is 1. The van der Waals surface area contributed by atoms with Gasteiger partial charge in [-0.3, -0.25) is 0 Å². The summed E-state index contributed by atoms with van der Waals surface area (Å²) in [7, 11) is -3.23. The predicted molar refractivity (Wildman–Crippen MR) is 65.5 cm³/mol. The minimum Gasteiger partial charge on any atom is -0.460 e. The third-order valence-electron chi connectivity index (χ3n) is 1.75. The predicted octanol–water partition coefficient (Wildman–Crippen LogP) is -0.509. The second kappa shape index (κ2) is 5.78. The van der Waals surface area contributed by atoms with Crippen molar-refractivity contribution in [2.45, 2.75) is 0 Å². The lowest BCUT2D eigenvalue weighted by atomic mass is 10.3. The molecule has 0 aliphatic carbocycles. The van der Waals surface area contributed by atoms with Crippen LogP contribution in [0.1, 0.15) is 5.69 Å². The van der Waals surface area contributed by atoms with Crippen LogP contribution < -0.4 is 5.73 Å². The third kappa shape index (κ3) is 4.30. The van der Waals surface area contributed by atoms with Crippen molar-refractivity contribution in [1.29, 1.82) is 0 Å². The summed E-state index contributed by atoms with van der Waals surface area (Å²) < 4.78 is 26.3. The molecule has 1 heterocycles. The van der Waals surface area contributed by atoms with Crippen molar-refractivity contribution in [3.8, 4) is 0 Å². The minimum atomic E-state index is -3.23. The molecule has 0 aliphatic rings. The second-order valence-corrected chi connectivity index (χ2v) is 6.43. The van der Waals surface area contributed by atoms with Gasteiger partial charge in [-0.1, -0.05) is 5.16 Å². The molecule has 1 rings (SSSR count). The minimum absolute atomic E-state index is 0.0735. The van der Waals surface area contributed by atoms with Gasteiger partial charge < -0.3 is 15.7 Å². The largest absolute Gasteiger partial charge is 0.460 e. The van der Waals surface area contributed by atoms with Crippen LogP contribution >= 0.6 is 11.3 Å². The van der Waals surface area contributed by atoms with Crippen LogP contribution in [0, 0.1) is 0 Å². The van der Waals surface area contributed by atoms with Gasteiger partial charge in [0.25, 0.3) is 0 Å². The molecule has 8 nitrogen and oxygen atoms in total. The zero-order chi connectivity index (χ0) is 13.8. The SMILES string of the molecule is CS(=O)(=O)CCOC(=O)/C(=N\O)c1csc(N)n1. The first-order valence-corrected chi connectivity index (χ1v) is 7.56. The maximum Gasteiger partial charge on any atom is 0.362 e. The number of hydrogen-bond donors (Lipinski definition) is 2. The van der Waals surface area contributed by atoms with Gasteiger partial charge in [-0.05, 0) is 0 Å². The van der Waals surface area contributed by atoms with Crippen molar-refractivity contribution in [2.24, 2.45) is 5.16 Å². The summed E-state index contributed by atoms with van der Waals surface area (Å²) in [4.78, 5) is 15.2. The summed E-state index contributed by atoms with van der Waals surface area (Å²) >= 11 is 1.06. The summed E-state index contributed by atoms with van der Waals surface area (Å²) in [5.41, 5.74) is 5.02. The molecular weight excluding hydrogens is 282 g/mol. The van der Waals surface area contributed by atoms with E-state index in [9.17, 15) is 13.2 Å². The first-order valence-electron chi connectivity index (χ1n) is 4.62. The molecule has 0 atom stereocenters. The Kier molecular flexibility index (Phi) is 4.62. The van der Waals surface area contributed by atoms with Crippen LogP contribution in [0.5, 0.6) is 0 Å². The molecule has 1 aromatic heterocycles. The molecule has 0 spiro atoms. The van der Waals surface area contributed by atoms with E-state index in [0.717, 1.165) is 17.6 Å². The monoisotopic (exact) mass is 293 g/mol. The number of sulfone groups is 1. The first kappa shape index (κ1) is 14.4. The van der Waals surface area contributed by atoms with E-state index in [0.29, 0.717) is 0 Å². The Morgan fingerprint density at radius 1 is 1.67 bits per heavy atom. The molecule has 0 radical (unpaired) electrons. The quantitative estimate of drug-likeness (QED) is 0.323. The summed E-state index contributed by atoms with van der Waals surface area (Å²) in [6.07, 6.45) is 1.02. The molecular formula is C8H11N3O5S2. The van der Waals surface area contributed by atoms with E-state index in [-0.39, 0.29) is 23.2 Å². The normalized spacial score (nSPS) is 12.4. The molecule has 3 N–H and O–H groups in total. The Morgan fingerprint density at radius 2 is 2.33 bits per heavy atom. The number of oxime groups is 1. The number of hydrogen-bond acceptors (Lipinski definition) is 9. The summed E-state index contributed by atoms with van der Waals surface area (Å²) in [5, 5.41) is 13.1. The van der Waals surface area contributed by atoms with E-state index in [4.69, 9.17) is 10.9 Å². The van der Waals surface area contributed by atoms with Crippen molar-refractivity contribution < 1.29 is 23.2 Å². The summed E-state index contributed by atoms with van der Waals surface area (Å²) in [5.74, 6) is -1.28. The smallest absolute Gasteiger partial charge is 0.362 e. The lowest BCUT2D eigenvalue weighted by Gasteiger charge is -2.03. The molecule has 1 aromatic rings. The van der Waals surface area contributed by atoms with Crippen LogP contribution in [-0.4, -0.2) is 48.9 Å². The molecule has 0 unspecified atom stereocenters. The van der Waals surface area contributed by atoms with Crippen LogP contribution in [0.25, 0.3) is 0 Å². The van der Waals surface area contributed by atoms with Crippen molar-refractivity contribution in [3.05, 3.63) is 11.1 Å². The van der Waals surface area contributed by atoms with Crippen molar-refractivity contribution >= 4 is 38.0 Å². The molecule has 0 fully saturated rings. The highest BCUT2D eigenvalue weighted by atomic mass is 32.2. The Labute approximate surface area is 107 Å². The topological polar surface area (TPSA) is 132 Å². The Balaban J connectivity index is 2.65. The van der Waals surface area contributed by atoms with Gasteiger partial charge in [0, 0.05) is 11.6 Å². The van der Waals surface area contributed by atoms with Gasteiger partial charge >= 0.3 is 5.97 Å². The number of aromatic nitrogens is 1. The van der Waals surface area contributed by atoms with Gasteiger partial charge in [-0.25, -0.2) is 18.2 Å². The standard InChI is InChI=1S/C8H11N3O5S2/c1-18(14,15)3-2-16-7(12)6(11-13)5-4-17-8(9)10-5/h4,13H,2-3H2,1H3,(H2,9,10)/b11-6-. The van der Waals surface area contributed by atoms with Crippen LogP contribution in [0.15, 0.2) is 10.5 Å². The van der Waals surface area contributed by atoms with Crippen LogP contribution in [0.2, 0.25) is 0 Å². The molecule has 18 heavy (non-hydrogen) atoms. The third-order valence-corrected chi connectivity index (χ3v) is 3.33. The second-order valence-electron chi connectivity index (χ2n) is 3.29. The van der Waals surface area contributed by atoms with Gasteiger partial charge in [0.05, 0.1) is 5.75 Å². The van der Waals surface area contributed by atoms with E-state index in [1.54, 1.807) is 0 Å². The molecule has 0 aliphatic heterocycles. The number of nitrogens with two attached hydrogens (primary N) is 1. The van der Waals surface area contributed by atoms with Crippen LogP contribution in [-0.2, 0) is 19.4 Å². The van der Waals surface area contributed by atoms with E-state index in [2.05, 4.69) is 14.9 Å². The van der Waals surface area contributed by atoms with Crippen molar-refractivity contribution in [2.75, 3.05) is 24.3 Å². The van der Waals surface area contributed by atoms with E-state index >= 15 is 0 Å². The van der Waals surface area contributed by atoms with Crippen LogP contribution in [0.4, 0.5) is 5.13 Å². The zero-order valence-corrected chi connectivity index (χ0v) is 11.0. The number of nitrogen functional groups attached to an aromatic ring is 1. The van der Waals surface area contributed by atoms with Gasteiger partial charge in [0.1, 0.15) is 12.3 Å². The van der Waals surface area contributed by atoms with Gasteiger partial charge in [-0.2, -0.15) is 0 Å². The van der Waals surface area contributed by atoms with Crippen molar-refractivity contribution in [1.82, 2.24) is 4.98 Å². The van der Waals surface area contributed by atoms with Gasteiger partial charge in [0.15, 0.2) is 15.0 Å². The first-order chi connectivity index (χ1) is 8.33. The lowest BCUT2D eigenvalue weighted by molar-refractivity contribution is -0.135. The average molecular weight is 293 g/mol. The van der Waals surface area contributed by atoms with Crippen LogP contribution in [0.3, 0.4) is 0 Å². The summed E-state index contributed by atoms with van der Waals surface area (Å²) in [6, 6.07) is 0. The number of esters is 1. The molecule has 0 aromatic carbocycles. The maximum absolute atomic E-state index is 11.5. The van der Waals surface area contributed by atoms with E-state index in [1.807, 2.05) is 0 Å². The van der Waals surface area contributed by atoms with Crippen molar-refractivity contribution in [3.63, 3.8) is 0 Å². The highest BCUT2D eigenvalue weighted by Crippen LogP contribution is 2.12. The Hall–Kier alpha value is -1.68. The maximum atomic E-state index is 11.5. The number of nitrogens with zero attached hydrogens (tertiary/aromatic N) is 2. The fourth-order valence-corrected chi connectivity index (χ4v) is 1.88. The highest BCUT2D eigenvalue weighted by Gasteiger charge is 2.20. The number of thiazole rings is 1. The number of rotatable bonds is 5. The Bertz CT molecular complexity index is 563. The number of carbonyl (C=O) groups is 1. The average Bonchev–Trinajstić information content (AvgIpc) is 2.64. The lowest BCUT2D eigenvalue weighted by Crippen LogP contribution is -2.22. The molecule has 0 saturated heterocycles. The molecule has 10 heteroatoms. The van der Waals surface area contributed by atoms with E-state index < -0.39 is 21.5 Å². The highest BCUT2D eigenvalue weighted by molar-refractivity contribution is 7.90. The van der Waals surface area contributed by atoms with Gasteiger partial charge in [-0.15, -0.1) is 11.3 Å². The van der Waals surface area contributed by atoms with Gasteiger partial charge in [0.2, 0.25) is 5.71 Å². The molecule has 100 valence electrons. The summed E-state index contributed by atoms with van der Waals surface area (Å²) in [6.45, 7) is -0.323. The fraction of sp³-hybridized carbons (Fsp3) is 0.375. The Morgan fingerprint density at radius 3 is 2.78 bits per heavy atom. The number of carbonyl (C=O) groups excluding carboxylic acids is 1. The molecule has 0 amide bonds. The van der Waals surface area contributed by atoms with E-state index in [1.165, 1.54) is 5.38 Å². The molecule has 0 saturated carbocycles. The number of ether oxygens (including phenoxy) is 1. The molecule has 0 bridgehead atoms.